The lowest BCUT2D eigenvalue weighted by Crippen LogP contribution is -2.23. The molecule has 2 atom stereocenters. The van der Waals surface area contributed by atoms with Crippen LogP contribution in [0.1, 0.15) is 29.6 Å². The maximum atomic E-state index is 11.9. The molecule has 1 saturated carbocycles. The van der Waals surface area contributed by atoms with Gasteiger partial charge in [0.25, 0.3) is 11.4 Å². The first-order valence-electron chi connectivity index (χ1n) is 7.32. The molecule has 2 N–H and O–H groups in total. The van der Waals surface area contributed by atoms with Crippen LogP contribution < -0.4 is 5.32 Å². The van der Waals surface area contributed by atoms with E-state index in [2.05, 4.69) is 10.1 Å². The SMILES string of the molecule is COC(=O)c1cc([N+](=O)[O-])cc([N+](=O)[O-])c1NC[C@H]1CCC[C@@H]1O. The molecule has 0 bridgehead atoms. The van der Waals surface area contributed by atoms with E-state index in [4.69, 9.17) is 0 Å². The van der Waals surface area contributed by atoms with E-state index in [0.717, 1.165) is 32.1 Å². The standard InChI is InChI=1S/C14H17N3O7/c1-24-14(19)10-5-9(16(20)21)6-11(17(22)23)13(10)15-7-8-3-2-4-12(8)18/h5-6,8,12,15,18H,2-4,7H2,1H3/t8-,12+/m1/s1. The van der Waals surface area contributed by atoms with Crippen LogP contribution in [0.3, 0.4) is 0 Å². The van der Waals surface area contributed by atoms with Crippen molar-refractivity contribution >= 4 is 23.0 Å². The summed E-state index contributed by atoms with van der Waals surface area (Å²) in [6, 6.07) is 1.73. The number of anilines is 1. The number of aliphatic hydroxyl groups excluding tert-OH is 1. The van der Waals surface area contributed by atoms with Gasteiger partial charge < -0.3 is 15.2 Å². The lowest BCUT2D eigenvalue weighted by molar-refractivity contribution is -0.393. The van der Waals surface area contributed by atoms with Crippen LogP contribution in [0.2, 0.25) is 0 Å². The van der Waals surface area contributed by atoms with E-state index in [9.17, 15) is 30.1 Å². The zero-order valence-electron chi connectivity index (χ0n) is 12.9. The normalized spacial score (nSPS) is 19.8. The number of hydrogen-bond donors (Lipinski definition) is 2. The van der Waals surface area contributed by atoms with Crippen LogP contribution in [0, 0.1) is 26.1 Å². The van der Waals surface area contributed by atoms with Gasteiger partial charge in [-0.05, 0) is 12.8 Å². The van der Waals surface area contributed by atoms with Crippen LogP contribution in [0.4, 0.5) is 17.1 Å². The van der Waals surface area contributed by atoms with E-state index in [0.29, 0.717) is 6.42 Å². The minimum Gasteiger partial charge on any atom is -0.465 e. The molecule has 0 amide bonds. The van der Waals surface area contributed by atoms with E-state index in [-0.39, 0.29) is 23.7 Å². The minimum atomic E-state index is -0.920. The molecule has 10 nitrogen and oxygen atoms in total. The van der Waals surface area contributed by atoms with Gasteiger partial charge in [-0.15, -0.1) is 0 Å². The molecule has 0 heterocycles. The monoisotopic (exact) mass is 339 g/mol. The van der Waals surface area contributed by atoms with Crippen molar-refractivity contribution in [3.8, 4) is 0 Å². The van der Waals surface area contributed by atoms with E-state index in [1.54, 1.807) is 0 Å². The molecule has 1 aliphatic carbocycles. The van der Waals surface area contributed by atoms with Gasteiger partial charge in [0.05, 0.1) is 34.7 Å². The number of carbonyl (C=O) groups is 1. The number of benzene rings is 1. The molecule has 0 aromatic heterocycles. The second-order valence-corrected chi connectivity index (χ2v) is 5.53. The number of nitro groups is 2. The Balaban J connectivity index is 2.43. The third-order valence-corrected chi connectivity index (χ3v) is 4.08. The number of esters is 1. The maximum Gasteiger partial charge on any atom is 0.340 e. The zero-order valence-corrected chi connectivity index (χ0v) is 12.9. The highest BCUT2D eigenvalue weighted by atomic mass is 16.6. The molecule has 0 spiro atoms. The van der Waals surface area contributed by atoms with E-state index in [1.807, 2.05) is 0 Å². The number of rotatable bonds is 6. The highest BCUT2D eigenvalue weighted by Gasteiger charge is 2.30. The highest BCUT2D eigenvalue weighted by Crippen LogP contribution is 2.35. The summed E-state index contributed by atoms with van der Waals surface area (Å²) in [5, 5.41) is 34.8. The fourth-order valence-corrected chi connectivity index (χ4v) is 2.81. The molecule has 1 aliphatic rings. The quantitative estimate of drug-likeness (QED) is 0.454. The first kappa shape index (κ1) is 17.6. The lowest BCUT2D eigenvalue weighted by atomic mass is 10.0. The van der Waals surface area contributed by atoms with Gasteiger partial charge in [-0.25, -0.2) is 4.79 Å². The fraction of sp³-hybridized carbons (Fsp3) is 0.500. The van der Waals surface area contributed by atoms with E-state index in [1.165, 1.54) is 0 Å². The van der Waals surface area contributed by atoms with Crippen molar-refractivity contribution in [1.82, 2.24) is 0 Å². The lowest BCUT2D eigenvalue weighted by Gasteiger charge is -2.17. The van der Waals surface area contributed by atoms with Gasteiger partial charge in [0.2, 0.25) is 0 Å². The summed E-state index contributed by atoms with van der Waals surface area (Å²) < 4.78 is 4.57. The Hall–Kier alpha value is -2.75. The second-order valence-electron chi connectivity index (χ2n) is 5.53. The van der Waals surface area contributed by atoms with Gasteiger partial charge in [0, 0.05) is 18.5 Å². The average Bonchev–Trinajstić information content (AvgIpc) is 2.96. The molecule has 1 aromatic rings. The summed E-state index contributed by atoms with van der Waals surface area (Å²) in [6.07, 6.45) is 1.73. The van der Waals surface area contributed by atoms with Crippen molar-refractivity contribution < 1.29 is 24.5 Å². The first-order chi connectivity index (χ1) is 11.3. The Labute approximate surface area is 136 Å². The summed E-state index contributed by atoms with van der Waals surface area (Å²) in [7, 11) is 1.08. The molecule has 1 fully saturated rings. The number of nitrogens with zero attached hydrogens (tertiary/aromatic N) is 2. The predicted octanol–water partition coefficient (Wildman–Crippen LogP) is 1.86. The first-order valence-corrected chi connectivity index (χ1v) is 7.32. The summed E-state index contributed by atoms with van der Waals surface area (Å²) in [4.78, 5) is 32.5. The summed E-state index contributed by atoms with van der Waals surface area (Å²) in [5.41, 5.74) is -1.59. The molecule has 1 aromatic carbocycles. The molecule has 0 radical (unpaired) electrons. The summed E-state index contributed by atoms with van der Waals surface area (Å²) in [6.45, 7) is 0.212. The Kier molecular flexibility index (Phi) is 5.29. The number of ether oxygens (including phenoxy) is 1. The Morgan fingerprint density at radius 2 is 2.04 bits per heavy atom. The molecule has 0 saturated heterocycles. The fourth-order valence-electron chi connectivity index (χ4n) is 2.81. The number of methoxy groups -OCH3 is 1. The maximum absolute atomic E-state index is 11.9. The Morgan fingerprint density at radius 3 is 2.54 bits per heavy atom. The van der Waals surface area contributed by atoms with Gasteiger partial charge in [0.15, 0.2) is 0 Å². The van der Waals surface area contributed by atoms with Crippen molar-refractivity contribution in [2.45, 2.75) is 25.4 Å². The van der Waals surface area contributed by atoms with Crippen molar-refractivity contribution in [2.75, 3.05) is 19.0 Å². The molecule has 10 heteroatoms. The van der Waals surface area contributed by atoms with Gasteiger partial charge in [0.1, 0.15) is 5.69 Å². The van der Waals surface area contributed by atoms with Crippen LogP contribution in [0.5, 0.6) is 0 Å². The predicted molar refractivity (Wildman–Crippen MR) is 82.9 cm³/mol. The molecule has 0 unspecified atom stereocenters. The van der Waals surface area contributed by atoms with E-state index < -0.39 is 33.3 Å². The van der Waals surface area contributed by atoms with Crippen molar-refractivity contribution in [3.63, 3.8) is 0 Å². The third kappa shape index (κ3) is 3.59. The molecule has 2 rings (SSSR count). The molecular formula is C14H17N3O7. The minimum absolute atomic E-state index is 0.106. The van der Waals surface area contributed by atoms with Gasteiger partial charge in [-0.3, -0.25) is 20.2 Å². The Bertz CT molecular complexity index is 677. The van der Waals surface area contributed by atoms with Crippen LogP contribution in [0.15, 0.2) is 12.1 Å². The third-order valence-electron chi connectivity index (χ3n) is 4.08. The van der Waals surface area contributed by atoms with Crippen LogP contribution in [-0.4, -0.2) is 40.7 Å². The largest absolute Gasteiger partial charge is 0.465 e. The summed E-state index contributed by atoms with van der Waals surface area (Å²) in [5.74, 6) is -1.03. The van der Waals surface area contributed by atoms with Crippen molar-refractivity contribution in [3.05, 3.63) is 37.9 Å². The van der Waals surface area contributed by atoms with Gasteiger partial charge in [-0.1, -0.05) is 6.42 Å². The smallest absolute Gasteiger partial charge is 0.340 e. The van der Waals surface area contributed by atoms with Gasteiger partial charge in [-0.2, -0.15) is 0 Å². The number of aliphatic hydroxyl groups is 1. The number of non-ortho nitro benzene ring substituents is 1. The summed E-state index contributed by atoms with van der Waals surface area (Å²) >= 11 is 0. The number of carbonyl (C=O) groups excluding carboxylic acids is 1. The van der Waals surface area contributed by atoms with Crippen molar-refractivity contribution in [1.29, 1.82) is 0 Å². The van der Waals surface area contributed by atoms with E-state index >= 15 is 0 Å². The van der Waals surface area contributed by atoms with Crippen LogP contribution >= 0.6 is 0 Å². The van der Waals surface area contributed by atoms with Crippen LogP contribution in [0.25, 0.3) is 0 Å². The van der Waals surface area contributed by atoms with Gasteiger partial charge >= 0.3 is 5.97 Å². The molecule has 0 aliphatic heterocycles. The molecule has 130 valence electrons. The molecule has 24 heavy (non-hydrogen) atoms. The highest BCUT2D eigenvalue weighted by molar-refractivity contribution is 5.99. The average molecular weight is 339 g/mol. The van der Waals surface area contributed by atoms with Crippen LogP contribution in [-0.2, 0) is 4.74 Å². The van der Waals surface area contributed by atoms with Crippen molar-refractivity contribution in [2.24, 2.45) is 5.92 Å². The Morgan fingerprint density at radius 1 is 1.33 bits per heavy atom. The number of nitrogens with one attached hydrogen (secondary N) is 1. The zero-order chi connectivity index (χ0) is 17.9. The second kappa shape index (κ2) is 7.21. The molecular weight excluding hydrogens is 322 g/mol. The number of nitro benzene ring substituents is 2. The number of hydrogen-bond acceptors (Lipinski definition) is 8. The topological polar surface area (TPSA) is 145 Å².